The number of fused-ring (bicyclic) bond motifs is 3. The molecule has 0 saturated carbocycles. The molecule has 0 aromatic heterocycles. The zero-order valence-corrected chi connectivity index (χ0v) is 25.6. The van der Waals surface area contributed by atoms with Gasteiger partial charge in [-0.1, -0.05) is 18.2 Å². The smallest absolute Gasteiger partial charge is 0.177 e. The SMILES string of the molecule is COc1cc2c(cc1O)CCN(C)C2Cc1ccc(Oc2c(O)ccc3c2-c2c(O)c(OC)cc4c2C(C3)N(C)CC4)cc1. The van der Waals surface area contributed by atoms with Crippen LogP contribution in [0.4, 0.5) is 0 Å². The number of hydrogen-bond acceptors (Lipinski definition) is 8. The minimum Gasteiger partial charge on any atom is -0.504 e. The molecule has 228 valence electrons. The summed E-state index contributed by atoms with van der Waals surface area (Å²) in [5.41, 5.74) is 8.09. The molecule has 0 radical (unpaired) electrons. The van der Waals surface area contributed by atoms with E-state index >= 15 is 0 Å². The van der Waals surface area contributed by atoms with Crippen molar-refractivity contribution >= 4 is 0 Å². The van der Waals surface area contributed by atoms with Crippen LogP contribution in [-0.4, -0.2) is 66.5 Å². The first-order chi connectivity index (χ1) is 21.3. The summed E-state index contributed by atoms with van der Waals surface area (Å²) in [4.78, 5) is 4.66. The standard InChI is InChI=1S/C36H38N2O6/c1-37-13-11-21-17-29(40)30(42-3)19-25(21)26(37)15-20-5-8-24(9-6-20)44-36-28(39)10-7-22-16-27-32-23(12-14-38(27)2)18-31(43-4)35(41)34(32)33(22)36/h5-10,17-19,26-27,39-41H,11-16H2,1-4H3. The van der Waals surface area contributed by atoms with Gasteiger partial charge in [-0.25, -0.2) is 0 Å². The van der Waals surface area contributed by atoms with Crippen molar-refractivity contribution in [2.45, 2.75) is 37.8 Å². The molecule has 44 heavy (non-hydrogen) atoms. The number of rotatable bonds is 6. The number of phenolic OH excluding ortho intramolecular Hbond substituents is 3. The van der Waals surface area contributed by atoms with Gasteiger partial charge >= 0.3 is 0 Å². The van der Waals surface area contributed by atoms with Crippen molar-refractivity contribution in [3.63, 3.8) is 0 Å². The van der Waals surface area contributed by atoms with Crippen molar-refractivity contribution in [2.75, 3.05) is 41.4 Å². The zero-order valence-electron chi connectivity index (χ0n) is 25.6. The molecule has 7 rings (SSSR count). The first kappa shape index (κ1) is 28.4. The summed E-state index contributed by atoms with van der Waals surface area (Å²) in [6.07, 6.45) is 3.27. The second-order valence-electron chi connectivity index (χ2n) is 12.2. The quantitative estimate of drug-likeness (QED) is 0.245. The molecule has 2 unspecified atom stereocenters. The molecule has 4 aromatic rings. The largest absolute Gasteiger partial charge is 0.504 e. The van der Waals surface area contributed by atoms with E-state index in [1.807, 2.05) is 36.4 Å². The van der Waals surface area contributed by atoms with E-state index in [4.69, 9.17) is 14.2 Å². The maximum absolute atomic E-state index is 11.4. The van der Waals surface area contributed by atoms with Gasteiger partial charge in [0.05, 0.1) is 14.2 Å². The van der Waals surface area contributed by atoms with E-state index in [1.54, 1.807) is 20.3 Å². The molecule has 3 N–H and O–H groups in total. The molecule has 0 amide bonds. The third-order valence-corrected chi connectivity index (χ3v) is 9.73. The Morgan fingerprint density at radius 3 is 2.23 bits per heavy atom. The predicted octanol–water partition coefficient (Wildman–Crippen LogP) is 6.14. The third-order valence-electron chi connectivity index (χ3n) is 9.73. The van der Waals surface area contributed by atoms with Crippen LogP contribution >= 0.6 is 0 Å². The van der Waals surface area contributed by atoms with Crippen molar-refractivity contribution < 1.29 is 29.5 Å². The van der Waals surface area contributed by atoms with Crippen LogP contribution in [0.5, 0.6) is 40.2 Å². The average molecular weight is 595 g/mol. The molecule has 2 heterocycles. The molecule has 3 aliphatic rings. The van der Waals surface area contributed by atoms with E-state index in [-0.39, 0.29) is 29.3 Å². The first-order valence-electron chi connectivity index (χ1n) is 15.1. The van der Waals surface area contributed by atoms with Gasteiger partial charge < -0.3 is 29.5 Å². The number of nitrogens with zero attached hydrogens (tertiary/aromatic N) is 2. The predicted molar refractivity (Wildman–Crippen MR) is 168 cm³/mol. The van der Waals surface area contributed by atoms with Gasteiger partial charge in [0.1, 0.15) is 5.75 Å². The zero-order chi connectivity index (χ0) is 30.7. The summed E-state index contributed by atoms with van der Waals surface area (Å²) in [5, 5.41) is 32.8. The first-order valence-corrected chi connectivity index (χ1v) is 15.1. The highest BCUT2D eigenvalue weighted by molar-refractivity contribution is 5.88. The van der Waals surface area contributed by atoms with E-state index in [0.29, 0.717) is 34.1 Å². The van der Waals surface area contributed by atoms with Gasteiger partial charge in [0.25, 0.3) is 0 Å². The lowest BCUT2D eigenvalue weighted by atomic mass is 9.76. The number of benzene rings is 4. The minimum absolute atomic E-state index is 0.0176. The van der Waals surface area contributed by atoms with Crippen LogP contribution in [0.15, 0.2) is 54.6 Å². The lowest BCUT2D eigenvalue weighted by molar-refractivity contribution is 0.226. The molecule has 2 atom stereocenters. The Morgan fingerprint density at radius 2 is 1.48 bits per heavy atom. The molecule has 2 aliphatic heterocycles. The fourth-order valence-corrected chi connectivity index (χ4v) is 7.32. The molecular weight excluding hydrogens is 556 g/mol. The summed E-state index contributed by atoms with van der Waals surface area (Å²) in [5.74, 6) is 2.10. The Bertz CT molecular complexity index is 1750. The Morgan fingerprint density at radius 1 is 0.750 bits per heavy atom. The molecular formula is C36H38N2O6. The highest BCUT2D eigenvalue weighted by Crippen LogP contribution is 2.56. The molecule has 0 bridgehead atoms. The number of likely N-dealkylation sites (N-methyl/N-ethyl adjacent to an activating group) is 2. The van der Waals surface area contributed by atoms with Crippen LogP contribution in [0, 0.1) is 0 Å². The van der Waals surface area contributed by atoms with E-state index in [2.05, 4.69) is 36.0 Å². The Kier molecular flexibility index (Phi) is 7.06. The summed E-state index contributed by atoms with van der Waals surface area (Å²) < 4.78 is 17.4. The monoisotopic (exact) mass is 594 g/mol. The minimum atomic E-state index is 0.0176. The van der Waals surface area contributed by atoms with Crippen molar-refractivity contribution in [3.05, 3.63) is 88.0 Å². The fourth-order valence-electron chi connectivity index (χ4n) is 7.32. The van der Waals surface area contributed by atoms with E-state index in [1.165, 1.54) is 5.56 Å². The van der Waals surface area contributed by atoms with Gasteiger partial charge in [0.15, 0.2) is 34.5 Å². The van der Waals surface area contributed by atoms with Crippen molar-refractivity contribution in [1.82, 2.24) is 9.80 Å². The molecule has 0 spiro atoms. The third kappa shape index (κ3) is 4.60. The number of methoxy groups -OCH3 is 2. The Balaban J connectivity index is 1.22. The van der Waals surface area contributed by atoms with Gasteiger partial charge in [-0.2, -0.15) is 0 Å². The van der Waals surface area contributed by atoms with Crippen molar-refractivity contribution in [2.24, 2.45) is 0 Å². The number of hydrogen-bond donors (Lipinski definition) is 3. The van der Waals surface area contributed by atoms with Crippen LogP contribution in [0.3, 0.4) is 0 Å². The average Bonchev–Trinajstić information content (AvgIpc) is 3.03. The lowest BCUT2D eigenvalue weighted by Gasteiger charge is -2.40. The summed E-state index contributed by atoms with van der Waals surface area (Å²) in [6, 6.07) is 17.6. The van der Waals surface area contributed by atoms with Gasteiger partial charge in [-0.3, -0.25) is 9.80 Å². The maximum atomic E-state index is 11.4. The van der Waals surface area contributed by atoms with Gasteiger partial charge in [0.2, 0.25) is 0 Å². The Labute approximate surface area is 257 Å². The normalized spacial score (nSPS) is 19.1. The van der Waals surface area contributed by atoms with Crippen LogP contribution in [0.25, 0.3) is 11.1 Å². The second-order valence-corrected chi connectivity index (χ2v) is 12.2. The number of ether oxygens (including phenoxy) is 3. The highest BCUT2D eigenvalue weighted by atomic mass is 16.5. The van der Waals surface area contributed by atoms with Gasteiger partial charge in [-0.15, -0.1) is 0 Å². The molecule has 8 heteroatoms. The summed E-state index contributed by atoms with van der Waals surface area (Å²) in [6.45, 7) is 1.83. The fraction of sp³-hybridized carbons (Fsp3) is 0.333. The van der Waals surface area contributed by atoms with E-state index in [9.17, 15) is 15.3 Å². The molecule has 8 nitrogen and oxygen atoms in total. The van der Waals surface area contributed by atoms with Crippen molar-refractivity contribution in [1.29, 1.82) is 0 Å². The highest BCUT2D eigenvalue weighted by Gasteiger charge is 2.38. The van der Waals surface area contributed by atoms with Crippen LogP contribution < -0.4 is 14.2 Å². The molecule has 1 aliphatic carbocycles. The molecule has 0 fully saturated rings. The lowest BCUT2D eigenvalue weighted by Crippen LogP contribution is -2.35. The number of phenols is 3. The van der Waals surface area contributed by atoms with Gasteiger partial charge in [0, 0.05) is 36.3 Å². The summed E-state index contributed by atoms with van der Waals surface area (Å²) in [7, 11) is 7.38. The van der Waals surface area contributed by atoms with E-state index < -0.39 is 0 Å². The Hall–Kier alpha value is -4.40. The maximum Gasteiger partial charge on any atom is 0.177 e. The second kappa shape index (κ2) is 10.9. The molecule has 4 aromatic carbocycles. The summed E-state index contributed by atoms with van der Waals surface area (Å²) >= 11 is 0. The molecule has 0 saturated heterocycles. The van der Waals surface area contributed by atoms with Crippen LogP contribution in [0.1, 0.15) is 45.5 Å². The topological polar surface area (TPSA) is 94.9 Å². The van der Waals surface area contributed by atoms with Crippen molar-refractivity contribution in [3.8, 4) is 51.4 Å². The van der Waals surface area contributed by atoms with Crippen LogP contribution in [-0.2, 0) is 25.7 Å². The van der Waals surface area contributed by atoms with Crippen LogP contribution in [0.2, 0.25) is 0 Å². The van der Waals surface area contributed by atoms with Gasteiger partial charge in [-0.05, 0) is 110 Å². The van der Waals surface area contributed by atoms with E-state index in [0.717, 1.165) is 66.6 Å². The number of aromatic hydroxyl groups is 3.